The van der Waals surface area contributed by atoms with Gasteiger partial charge in [0.05, 0.1) is 0 Å². The Hall–Kier alpha value is -1.32. The topological polar surface area (TPSA) is 57.8 Å². The predicted molar refractivity (Wildman–Crippen MR) is 50.1 cm³/mol. The molecule has 0 spiro atoms. The lowest BCUT2D eigenvalue weighted by atomic mass is 10.2. The molecular weight excluding hydrogens is 166 g/mol. The van der Waals surface area contributed by atoms with Crippen LogP contribution in [0.4, 0.5) is 0 Å². The smallest absolute Gasteiger partial charge is 0.222 e. The van der Waals surface area contributed by atoms with E-state index < -0.39 is 0 Å². The molecule has 0 aliphatic rings. The van der Waals surface area contributed by atoms with Gasteiger partial charge < -0.3 is 5.32 Å². The minimum absolute atomic E-state index is 0.0572. The Kier molecular flexibility index (Phi) is 3.49. The highest BCUT2D eigenvalue weighted by molar-refractivity contribution is 5.77. The van der Waals surface area contributed by atoms with Crippen molar-refractivity contribution >= 4 is 5.91 Å². The van der Waals surface area contributed by atoms with Gasteiger partial charge in [0.15, 0.2) is 0 Å². The summed E-state index contributed by atoms with van der Waals surface area (Å²) >= 11 is 0. The van der Waals surface area contributed by atoms with Gasteiger partial charge in [0, 0.05) is 30.8 Å². The number of nitrogens with one attached hydrogen (secondary N) is 2. The van der Waals surface area contributed by atoms with Crippen molar-refractivity contribution in [1.82, 2.24) is 15.5 Å². The van der Waals surface area contributed by atoms with E-state index >= 15 is 0 Å². The van der Waals surface area contributed by atoms with E-state index in [4.69, 9.17) is 0 Å². The van der Waals surface area contributed by atoms with Crippen molar-refractivity contribution in [2.24, 2.45) is 5.92 Å². The Morgan fingerprint density at radius 3 is 3.00 bits per heavy atom. The standard InChI is InChI=1S/C9H15N3O/c1-7(2)9(13)10-5-3-8-4-6-11-12-8/h4,6-7H,3,5H2,1-2H3,(H,10,13)(H,11,12). The molecule has 1 aromatic rings. The summed E-state index contributed by atoms with van der Waals surface area (Å²) in [5.41, 5.74) is 1.05. The van der Waals surface area contributed by atoms with E-state index in [2.05, 4.69) is 15.5 Å². The molecule has 1 amide bonds. The minimum atomic E-state index is 0.0572. The second-order valence-electron chi connectivity index (χ2n) is 3.28. The quantitative estimate of drug-likeness (QED) is 0.719. The Balaban J connectivity index is 2.18. The molecule has 0 saturated carbocycles. The fraction of sp³-hybridized carbons (Fsp3) is 0.556. The Bertz CT molecular complexity index is 254. The van der Waals surface area contributed by atoms with E-state index in [-0.39, 0.29) is 11.8 Å². The first-order chi connectivity index (χ1) is 6.20. The largest absolute Gasteiger partial charge is 0.355 e. The van der Waals surface area contributed by atoms with Crippen LogP contribution in [0.15, 0.2) is 12.3 Å². The number of carbonyl (C=O) groups excluding carboxylic acids is 1. The molecule has 1 heterocycles. The second-order valence-corrected chi connectivity index (χ2v) is 3.28. The SMILES string of the molecule is CC(C)C(=O)NCCc1ccn[nH]1. The Morgan fingerprint density at radius 2 is 2.46 bits per heavy atom. The number of H-pyrrole nitrogens is 1. The lowest BCUT2D eigenvalue weighted by molar-refractivity contribution is -0.123. The fourth-order valence-corrected chi connectivity index (χ4v) is 0.948. The zero-order chi connectivity index (χ0) is 9.68. The van der Waals surface area contributed by atoms with Gasteiger partial charge in [-0.25, -0.2) is 0 Å². The molecular formula is C9H15N3O. The summed E-state index contributed by atoms with van der Waals surface area (Å²) in [5.74, 6) is 0.154. The molecule has 0 aromatic carbocycles. The van der Waals surface area contributed by atoms with Crippen LogP contribution in [-0.2, 0) is 11.2 Å². The van der Waals surface area contributed by atoms with Gasteiger partial charge in [-0.2, -0.15) is 5.10 Å². The lowest BCUT2D eigenvalue weighted by Crippen LogP contribution is -2.29. The normalized spacial score (nSPS) is 10.4. The van der Waals surface area contributed by atoms with Crippen LogP contribution in [0.25, 0.3) is 0 Å². The Morgan fingerprint density at radius 1 is 1.69 bits per heavy atom. The summed E-state index contributed by atoms with van der Waals surface area (Å²) in [6.45, 7) is 4.43. The summed E-state index contributed by atoms with van der Waals surface area (Å²) in [5, 5.41) is 9.49. The second kappa shape index (κ2) is 4.64. The average molecular weight is 181 g/mol. The molecule has 0 aliphatic heterocycles. The summed E-state index contributed by atoms with van der Waals surface area (Å²) in [7, 11) is 0. The van der Waals surface area contributed by atoms with Gasteiger partial charge in [-0.05, 0) is 6.07 Å². The minimum Gasteiger partial charge on any atom is -0.355 e. The summed E-state index contributed by atoms with van der Waals surface area (Å²) < 4.78 is 0. The summed E-state index contributed by atoms with van der Waals surface area (Å²) in [6, 6.07) is 1.90. The van der Waals surface area contributed by atoms with Crippen molar-refractivity contribution < 1.29 is 4.79 Å². The molecule has 0 atom stereocenters. The molecule has 0 saturated heterocycles. The van der Waals surface area contributed by atoms with E-state index in [1.807, 2.05) is 19.9 Å². The first kappa shape index (κ1) is 9.77. The summed E-state index contributed by atoms with van der Waals surface area (Å²) in [6.07, 6.45) is 2.51. The van der Waals surface area contributed by atoms with Gasteiger partial charge in [0.1, 0.15) is 0 Å². The average Bonchev–Trinajstić information content (AvgIpc) is 2.56. The van der Waals surface area contributed by atoms with Crippen molar-refractivity contribution in [1.29, 1.82) is 0 Å². The van der Waals surface area contributed by atoms with E-state index in [1.54, 1.807) is 6.20 Å². The van der Waals surface area contributed by atoms with Crippen molar-refractivity contribution in [3.8, 4) is 0 Å². The number of nitrogens with zero attached hydrogens (tertiary/aromatic N) is 1. The molecule has 0 fully saturated rings. The van der Waals surface area contributed by atoms with Gasteiger partial charge in [-0.3, -0.25) is 9.89 Å². The molecule has 13 heavy (non-hydrogen) atoms. The molecule has 0 radical (unpaired) electrons. The first-order valence-electron chi connectivity index (χ1n) is 4.46. The highest BCUT2D eigenvalue weighted by Gasteiger charge is 2.04. The van der Waals surface area contributed by atoms with E-state index in [0.29, 0.717) is 6.54 Å². The zero-order valence-electron chi connectivity index (χ0n) is 8.00. The molecule has 0 aliphatic carbocycles. The van der Waals surface area contributed by atoms with Gasteiger partial charge in [-0.1, -0.05) is 13.8 Å². The number of aromatic nitrogens is 2. The molecule has 1 rings (SSSR count). The van der Waals surface area contributed by atoms with Crippen LogP contribution in [0.1, 0.15) is 19.5 Å². The fourth-order valence-electron chi connectivity index (χ4n) is 0.948. The van der Waals surface area contributed by atoms with E-state index in [1.165, 1.54) is 0 Å². The van der Waals surface area contributed by atoms with Crippen molar-refractivity contribution in [3.05, 3.63) is 18.0 Å². The summed E-state index contributed by atoms with van der Waals surface area (Å²) in [4.78, 5) is 11.1. The third kappa shape index (κ3) is 3.27. The molecule has 2 N–H and O–H groups in total. The van der Waals surface area contributed by atoms with Crippen molar-refractivity contribution in [2.45, 2.75) is 20.3 Å². The number of carbonyl (C=O) groups is 1. The molecule has 0 bridgehead atoms. The highest BCUT2D eigenvalue weighted by Crippen LogP contribution is 1.93. The number of amides is 1. The third-order valence-corrected chi connectivity index (χ3v) is 1.78. The van der Waals surface area contributed by atoms with Crippen LogP contribution >= 0.6 is 0 Å². The monoisotopic (exact) mass is 181 g/mol. The van der Waals surface area contributed by atoms with Gasteiger partial charge in [0.2, 0.25) is 5.91 Å². The van der Waals surface area contributed by atoms with Crippen LogP contribution in [-0.4, -0.2) is 22.6 Å². The lowest BCUT2D eigenvalue weighted by Gasteiger charge is -2.05. The maximum absolute atomic E-state index is 11.1. The van der Waals surface area contributed by atoms with E-state index in [9.17, 15) is 4.79 Å². The van der Waals surface area contributed by atoms with Gasteiger partial charge in [0.25, 0.3) is 0 Å². The maximum Gasteiger partial charge on any atom is 0.222 e. The molecule has 1 aromatic heterocycles. The highest BCUT2D eigenvalue weighted by atomic mass is 16.1. The molecule has 4 heteroatoms. The van der Waals surface area contributed by atoms with Crippen LogP contribution in [0.3, 0.4) is 0 Å². The Labute approximate surface area is 77.7 Å². The van der Waals surface area contributed by atoms with Crippen LogP contribution < -0.4 is 5.32 Å². The molecule has 4 nitrogen and oxygen atoms in total. The van der Waals surface area contributed by atoms with Crippen molar-refractivity contribution in [2.75, 3.05) is 6.54 Å². The van der Waals surface area contributed by atoms with Crippen molar-refractivity contribution in [3.63, 3.8) is 0 Å². The predicted octanol–water partition coefficient (Wildman–Crippen LogP) is 0.724. The first-order valence-corrected chi connectivity index (χ1v) is 4.46. The molecule has 0 unspecified atom stereocenters. The van der Waals surface area contributed by atoms with Gasteiger partial charge >= 0.3 is 0 Å². The van der Waals surface area contributed by atoms with Crippen LogP contribution in [0, 0.1) is 5.92 Å². The third-order valence-electron chi connectivity index (χ3n) is 1.78. The number of hydrogen-bond acceptors (Lipinski definition) is 2. The van der Waals surface area contributed by atoms with Gasteiger partial charge in [-0.15, -0.1) is 0 Å². The van der Waals surface area contributed by atoms with Crippen LogP contribution in [0.5, 0.6) is 0 Å². The molecule has 72 valence electrons. The zero-order valence-corrected chi connectivity index (χ0v) is 8.00. The van der Waals surface area contributed by atoms with Crippen LogP contribution in [0.2, 0.25) is 0 Å². The number of aromatic amines is 1. The number of rotatable bonds is 4. The van der Waals surface area contributed by atoms with E-state index in [0.717, 1.165) is 12.1 Å². The maximum atomic E-state index is 11.1. The number of hydrogen-bond donors (Lipinski definition) is 2.